The first kappa shape index (κ1) is 15.7. The quantitative estimate of drug-likeness (QED) is 0.821. The van der Waals surface area contributed by atoms with E-state index in [4.69, 9.17) is 0 Å². The van der Waals surface area contributed by atoms with Gasteiger partial charge in [-0.05, 0) is 59.6 Å². The molecule has 1 saturated heterocycles. The molecule has 0 aromatic heterocycles. The van der Waals surface area contributed by atoms with Gasteiger partial charge >= 0.3 is 6.18 Å². The van der Waals surface area contributed by atoms with Gasteiger partial charge < -0.3 is 5.32 Å². The second-order valence-electron chi connectivity index (χ2n) is 4.83. The zero-order valence-electron chi connectivity index (χ0n) is 10.7. The summed E-state index contributed by atoms with van der Waals surface area (Å²) in [5, 5.41) is 2.60. The maximum Gasteiger partial charge on any atom is 0.416 e. The zero-order chi connectivity index (χ0) is 15.0. The Hall–Kier alpha value is -0.690. The van der Waals surface area contributed by atoms with E-state index >= 15 is 0 Å². The number of anilines is 1. The average Bonchev–Trinajstić information content (AvgIpc) is 2.79. The van der Waals surface area contributed by atoms with Crippen molar-refractivity contribution < 1.29 is 18.0 Å². The number of carbonyl (C=O) groups excluding carboxylic acids is 1. The van der Waals surface area contributed by atoms with Crippen molar-refractivity contribution in [2.75, 3.05) is 11.1 Å². The molecule has 0 aliphatic carbocycles. The fourth-order valence-corrected chi connectivity index (χ4v) is 3.57. The summed E-state index contributed by atoms with van der Waals surface area (Å²) in [7, 11) is 0. The lowest BCUT2D eigenvalue weighted by atomic mass is 10.0. The third-order valence-corrected chi connectivity index (χ3v) is 5.45. The van der Waals surface area contributed by atoms with Crippen molar-refractivity contribution in [2.24, 2.45) is 0 Å². The third-order valence-electron chi connectivity index (χ3n) is 3.24. The van der Waals surface area contributed by atoms with Crippen LogP contribution in [0, 0.1) is 0 Å². The Balaban J connectivity index is 2.22. The molecule has 1 aliphatic rings. The number of hydrogen-bond donors (Lipinski definition) is 1. The molecule has 2 rings (SSSR count). The Morgan fingerprint density at radius 3 is 2.70 bits per heavy atom. The fourth-order valence-electron chi connectivity index (χ4n) is 2.01. The maximum atomic E-state index is 12.7. The molecule has 0 radical (unpaired) electrons. The van der Waals surface area contributed by atoms with E-state index in [1.165, 1.54) is 17.8 Å². The minimum atomic E-state index is -4.42. The number of nitrogens with one attached hydrogen (secondary N) is 1. The van der Waals surface area contributed by atoms with Crippen molar-refractivity contribution in [3.05, 3.63) is 28.2 Å². The van der Waals surface area contributed by atoms with E-state index in [1.54, 1.807) is 0 Å². The number of thioether (sulfide) groups is 1. The van der Waals surface area contributed by atoms with Crippen molar-refractivity contribution in [1.82, 2.24) is 0 Å². The first-order chi connectivity index (χ1) is 9.22. The second-order valence-corrected chi connectivity index (χ2v) is 7.28. The van der Waals surface area contributed by atoms with Gasteiger partial charge in [-0.3, -0.25) is 4.79 Å². The summed E-state index contributed by atoms with van der Waals surface area (Å²) in [6, 6.07) is 3.22. The average molecular weight is 368 g/mol. The van der Waals surface area contributed by atoms with E-state index in [0.717, 1.165) is 30.7 Å². The van der Waals surface area contributed by atoms with Crippen LogP contribution in [0.1, 0.15) is 25.3 Å². The van der Waals surface area contributed by atoms with Gasteiger partial charge in [-0.2, -0.15) is 13.2 Å². The first-order valence-electron chi connectivity index (χ1n) is 6.04. The lowest BCUT2D eigenvalue weighted by molar-refractivity contribution is -0.137. The van der Waals surface area contributed by atoms with Crippen LogP contribution < -0.4 is 5.32 Å². The van der Waals surface area contributed by atoms with E-state index in [9.17, 15) is 18.0 Å². The first-order valence-corrected chi connectivity index (χ1v) is 7.82. The lowest BCUT2D eigenvalue weighted by Gasteiger charge is -2.22. The van der Waals surface area contributed by atoms with E-state index in [-0.39, 0.29) is 11.6 Å². The van der Waals surface area contributed by atoms with Crippen LogP contribution in [0.25, 0.3) is 0 Å². The number of benzene rings is 1. The number of carbonyl (C=O) groups is 1. The normalized spacial score (nSPS) is 22.9. The summed E-state index contributed by atoms with van der Waals surface area (Å²) in [5.41, 5.74) is -0.626. The van der Waals surface area contributed by atoms with Gasteiger partial charge in [-0.25, -0.2) is 0 Å². The minimum Gasteiger partial charge on any atom is -0.324 e. The standard InChI is InChI=1S/C13H13BrF3NOS/c1-12(5-2-6-20-12)11(19)18-10-7-8(13(15,16)17)3-4-9(10)14/h3-4,7H,2,5-6H2,1H3,(H,18,19). The highest BCUT2D eigenvalue weighted by Gasteiger charge is 2.38. The third kappa shape index (κ3) is 3.31. The van der Waals surface area contributed by atoms with Gasteiger partial charge in [0.1, 0.15) is 0 Å². The summed E-state index contributed by atoms with van der Waals surface area (Å²) in [6.07, 6.45) is -2.75. The molecule has 1 aliphatic heterocycles. The molecular formula is C13H13BrF3NOS. The van der Waals surface area contributed by atoms with Crippen molar-refractivity contribution in [3.8, 4) is 0 Å². The Kier molecular flexibility index (Phi) is 4.39. The van der Waals surface area contributed by atoms with Crippen molar-refractivity contribution in [1.29, 1.82) is 0 Å². The number of rotatable bonds is 2. The highest BCUT2D eigenvalue weighted by molar-refractivity contribution is 9.10. The van der Waals surface area contributed by atoms with Crippen LogP contribution in [-0.4, -0.2) is 16.4 Å². The van der Waals surface area contributed by atoms with Gasteiger partial charge in [0.15, 0.2) is 0 Å². The van der Waals surface area contributed by atoms with Gasteiger partial charge in [0, 0.05) is 4.47 Å². The predicted molar refractivity (Wildman–Crippen MR) is 77.9 cm³/mol. The molecule has 1 fully saturated rings. The molecule has 1 unspecified atom stereocenters. The monoisotopic (exact) mass is 367 g/mol. The molecule has 1 N–H and O–H groups in total. The molecule has 0 saturated carbocycles. The summed E-state index contributed by atoms with van der Waals surface area (Å²) >= 11 is 4.70. The Morgan fingerprint density at radius 2 is 2.15 bits per heavy atom. The van der Waals surface area contributed by atoms with Crippen molar-refractivity contribution in [3.63, 3.8) is 0 Å². The molecule has 1 heterocycles. The second kappa shape index (κ2) is 5.60. The topological polar surface area (TPSA) is 29.1 Å². The Bertz CT molecular complexity index is 527. The van der Waals surface area contributed by atoms with Crippen LogP contribution >= 0.6 is 27.7 Å². The molecule has 1 atom stereocenters. The zero-order valence-corrected chi connectivity index (χ0v) is 13.1. The highest BCUT2D eigenvalue weighted by atomic mass is 79.9. The molecule has 0 bridgehead atoms. The molecule has 1 amide bonds. The van der Waals surface area contributed by atoms with E-state index < -0.39 is 16.5 Å². The van der Waals surface area contributed by atoms with E-state index in [0.29, 0.717) is 4.47 Å². The molecule has 2 nitrogen and oxygen atoms in total. The number of halogens is 4. The van der Waals surface area contributed by atoms with E-state index in [1.807, 2.05) is 6.92 Å². The van der Waals surface area contributed by atoms with Crippen LogP contribution in [0.15, 0.2) is 22.7 Å². The van der Waals surface area contributed by atoms with Crippen molar-refractivity contribution >= 4 is 39.3 Å². The van der Waals surface area contributed by atoms with Gasteiger partial charge in [-0.1, -0.05) is 0 Å². The SMILES string of the molecule is CC1(C(=O)Nc2cc(C(F)(F)F)ccc2Br)CCCS1. The molecule has 0 spiro atoms. The van der Waals surface area contributed by atoms with Gasteiger partial charge in [0.25, 0.3) is 0 Å². The summed E-state index contributed by atoms with van der Waals surface area (Å²) in [5.74, 6) is 0.647. The molecule has 20 heavy (non-hydrogen) atoms. The largest absolute Gasteiger partial charge is 0.416 e. The van der Waals surface area contributed by atoms with Crippen LogP contribution in [0.2, 0.25) is 0 Å². The highest BCUT2D eigenvalue weighted by Crippen LogP contribution is 2.40. The van der Waals surface area contributed by atoms with Crippen LogP contribution in [0.4, 0.5) is 18.9 Å². The molecule has 1 aromatic rings. The fraction of sp³-hybridized carbons (Fsp3) is 0.462. The molecule has 110 valence electrons. The minimum absolute atomic E-state index is 0.151. The Morgan fingerprint density at radius 1 is 1.45 bits per heavy atom. The molecular weight excluding hydrogens is 355 g/mol. The maximum absolute atomic E-state index is 12.7. The summed E-state index contributed by atoms with van der Waals surface area (Å²) in [4.78, 5) is 12.2. The number of amides is 1. The van der Waals surface area contributed by atoms with Gasteiger partial charge in [-0.15, -0.1) is 11.8 Å². The summed E-state index contributed by atoms with van der Waals surface area (Å²) in [6.45, 7) is 1.82. The smallest absolute Gasteiger partial charge is 0.324 e. The number of hydrogen-bond acceptors (Lipinski definition) is 2. The predicted octanol–water partition coefficient (Wildman–Crippen LogP) is 4.69. The van der Waals surface area contributed by atoms with Crippen molar-refractivity contribution in [2.45, 2.75) is 30.7 Å². The lowest BCUT2D eigenvalue weighted by Crippen LogP contribution is -2.34. The Labute approximate surface area is 127 Å². The van der Waals surface area contributed by atoms with Gasteiger partial charge in [0.05, 0.1) is 16.0 Å². The van der Waals surface area contributed by atoms with Crippen LogP contribution in [-0.2, 0) is 11.0 Å². The molecule has 7 heteroatoms. The van der Waals surface area contributed by atoms with Gasteiger partial charge in [0.2, 0.25) is 5.91 Å². The molecule has 1 aromatic carbocycles. The van der Waals surface area contributed by atoms with E-state index in [2.05, 4.69) is 21.2 Å². The van der Waals surface area contributed by atoms with Crippen LogP contribution in [0.3, 0.4) is 0 Å². The number of alkyl halides is 3. The van der Waals surface area contributed by atoms with Crippen LogP contribution in [0.5, 0.6) is 0 Å². The summed E-state index contributed by atoms with van der Waals surface area (Å²) < 4.78 is 37.9.